The minimum atomic E-state index is -3.77. The van der Waals surface area contributed by atoms with Gasteiger partial charge in [0.25, 0.3) is 0 Å². The highest BCUT2D eigenvalue weighted by Gasteiger charge is 2.37. The van der Waals surface area contributed by atoms with Gasteiger partial charge in [-0.05, 0) is 26.7 Å². The minimum Gasteiger partial charge on any atom is -0.468 e. The fraction of sp³-hybridized carbons (Fsp3) is 0.692. The minimum absolute atomic E-state index is 0.150. The maximum Gasteiger partial charge on any atom is 0.321 e. The quantitative estimate of drug-likeness (QED) is 0.822. The van der Waals surface area contributed by atoms with Crippen LogP contribution in [-0.2, 0) is 19.6 Å². The first-order chi connectivity index (χ1) is 9.87. The molecule has 0 unspecified atom stereocenters. The molecule has 1 aromatic heterocycles. The van der Waals surface area contributed by atoms with Crippen molar-refractivity contribution in [3.05, 3.63) is 11.4 Å². The number of esters is 1. The number of nitrogens with zero attached hydrogens (tertiary/aromatic N) is 2. The third-order valence-electron chi connectivity index (χ3n) is 3.87. The van der Waals surface area contributed by atoms with Crippen LogP contribution < -0.4 is 0 Å². The van der Waals surface area contributed by atoms with Crippen molar-refractivity contribution >= 4 is 16.0 Å². The van der Waals surface area contributed by atoms with Gasteiger partial charge in [-0.3, -0.25) is 9.89 Å². The third kappa shape index (κ3) is 3.11. The second-order valence-corrected chi connectivity index (χ2v) is 7.16. The van der Waals surface area contributed by atoms with E-state index in [9.17, 15) is 13.2 Å². The SMILES string of the molecule is COC(=O)CN(C1CCCC1)S(=O)(=O)c1c(C)n[nH]c1C. The molecular formula is C13H21N3O4S. The van der Waals surface area contributed by atoms with Crippen LogP contribution in [0.25, 0.3) is 0 Å². The molecule has 1 aromatic rings. The summed E-state index contributed by atoms with van der Waals surface area (Å²) in [6.07, 6.45) is 3.49. The summed E-state index contributed by atoms with van der Waals surface area (Å²) in [6, 6.07) is -0.150. The molecule has 1 saturated carbocycles. The molecule has 118 valence electrons. The Hall–Kier alpha value is -1.41. The van der Waals surface area contributed by atoms with Gasteiger partial charge in [-0.15, -0.1) is 0 Å². The fourth-order valence-corrected chi connectivity index (χ4v) is 4.80. The molecule has 0 radical (unpaired) electrons. The average molecular weight is 315 g/mol. The molecule has 1 aliphatic carbocycles. The van der Waals surface area contributed by atoms with Crippen molar-refractivity contribution in [3.63, 3.8) is 0 Å². The first-order valence-electron chi connectivity index (χ1n) is 6.98. The lowest BCUT2D eigenvalue weighted by Gasteiger charge is -2.27. The number of rotatable bonds is 5. The number of carbonyl (C=O) groups excluding carboxylic acids is 1. The number of aromatic amines is 1. The first-order valence-corrected chi connectivity index (χ1v) is 8.42. The summed E-state index contributed by atoms with van der Waals surface area (Å²) in [7, 11) is -2.51. The van der Waals surface area contributed by atoms with Crippen LogP contribution >= 0.6 is 0 Å². The van der Waals surface area contributed by atoms with Gasteiger partial charge in [-0.2, -0.15) is 9.40 Å². The molecule has 0 spiro atoms. The van der Waals surface area contributed by atoms with Gasteiger partial charge in [0, 0.05) is 6.04 Å². The van der Waals surface area contributed by atoms with Crippen LogP contribution in [0.3, 0.4) is 0 Å². The van der Waals surface area contributed by atoms with E-state index in [4.69, 9.17) is 0 Å². The summed E-state index contributed by atoms with van der Waals surface area (Å²) in [4.78, 5) is 11.8. The number of hydrogen-bond donors (Lipinski definition) is 1. The lowest BCUT2D eigenvalue weighted by molar-refractivity contribution is -0.141. The number of carbonyl (C=O) groups is 1. The van der Waals surface area contributed by atoms with E-state index in [-0.39, 0.29) is 17.5 Å². The van der Waals surface area contributed by atoms with Crippen molar-refractivity contribution in [1.29, 1.82) is 0 Å². The van der Waals surface area contributed by atoms with E-state index in [0.29, 0.717) is 11.4 Å². The van der Waals surface area contributed by atoms with E-state index in [1.807, 2.05) is 0 Å². The van der Waals surface area contributed by atoms with E-state index in [1.54, 1.807) is 13.8 Å². The molecule has 1 N–H and O–H groups in total. The highest BCUT2D eigenvalue weighted by Crippen LogP contribution is 2.30. The molecule has 0 bridgehead atoms. The summed E-state index contributed by atoms with van der Waals surface area (Å²) >= 11 is 0. The van der Waals surface area contributed by atoms with Crippen molar-refractivity contribution in [2.24, 2.45) is 0 Å². The zero-order chi connectivity index (χ0) is 15.6. The maximum absolute atomic E-state index is 12.9. The van der Waals surface area contributed by atoms with Gasteiger partial charge in [-0.1, -0.05) is 12.8 Å². The molecule has 1 fully saturated rings. The van der Waals surface area contributed by atoms with Gasteiger partial charge in [0.15, 0.2) is 0 Å². The van der Waals surface area contributed by atoms with Crippen molar-refractivity contribution in [1.82, 2.24) is 14.5 Å². The molecule has 1 heterocycles. The maximum atomic E-state index is 12.9. The van der Waals surface area contributed by atoms with E-state index in [2.05, 4.69) is 14.9 Å². The Morgan fingerprint density at radius 1 is 1.38 bits per heavy atom. The lowest BCUT2D eigenvalue weighted by Crippen LogP contribution is -2.42. The Labute approximate surface area is 124 Å². The van der Waals surface area contributed by atoms with Gasteiger partial charge in [0.1, 0.15) is 11.4 Å². The van der Waals surface area contributed by atoms with Crippen LogP contribution in [-0.4, -0.2) is 48.6 Å². The van der Waals surface area contributed by atoms with E-state index in [0.717, 1.165) is 25.7 Å². The smallest absolute Gasteiger partial charge is 0.321 e. The number of ether oxygens (including phenoxy) is 1. The number of sulfonamides is 1. The Morgan fingerprint density at radius 3 is 2.48 bits per heavy atom. The van der Waals surface area contributed by atoms with Gasteiger partial charge >= 0.3 is 5.97 Å². The number of aryl methyl sites for hydroxylation is 2. The van der Waals surface area contributed by atoms with Gasteiger partial charge in [-0.25, -0.2) is 8.42 Å². The molecule has 0 amide bonds. The van der Waals surface area contributed by atoms with Crippen LogP contribution in [0.15, 0.2) is 4.90 Å². The molecule has 21 heavy (non-hydrogen) atoms. The van der Waals surface area contributed by atoms with Crippen molar-refractivity contribution in [2.75, 3.05) is 13.7 Å². The van der Waals surface area contributed by atoms with Crippen LogP contribution in [0.2, 0.25) is 0 Å². The summed E-state index contributed by atoms with van der Waals surface area (Å²) in [5, 5.41) is 6.63. The summed E-state index contributed by atoms with van der Waals surface area (Å²) in [6.45, 7) is 3.05. The first kappa shape index (κ1) is 16.0. The molecule has 0 saturated heterocycles. The van der Waals surface area contributed by atoms with E-state index >= 15 is 0 Å². The summed E-state index contributed by atoms with van der Waals surface area (Å²) < 4.78 is 31.8. The number of aromatic nitrogens is 2. The highest BCUT2D eigenvalue weighted by molar-refractivity contribution is 7.89. The molecule has 0 aliphatic heterocycles. The summed E-state index contributed by atoms with van der Waals surface area (Å²) in [5.41, 5.74) is 0.903. The molecule has 8 heteroatoms. The monoisotopic (exact) mass is 315 g/mol. The predicted octanol–water partition coefficient (Wildman–Crippen LogP) is 1.13. The summed E-state index contributed by atoms with van der Waals surface area (Å²) in [5.74, 6) is -0.552. The Kier molecular flexibility index (Phi) is 4.67. The molecule has 1 aliphatic rings. The average Bonchev–Trinajstić information content (AvgIpc) is 3.05. The molecule has 0 aromatic carbocycles. The highest BCUT2D eigenvalue weighted by atomic mass is 32.2. The standard InChI is InChI=1S/C13H21N3O4S/c1-9-13(10(2)15-14-9)21(18,19)16(8-12(17)20-3)11-6-4-5-7-11/h11H,4-8H2,1-3H3,(H,14,15). The van der Waals surface area contributed by atoms with E-state index < -0.39 is 16.0 Å². The largest absolute Gasteiger partial charge is 0.468 e. The number of methoxy groups -OCH3 is 1. The number of nitrogens with one attached hydrogen (secondary N) is 1. The topological polar surface area (TPSA) is 92.4 Å². The third-order valence-corrected chi connectivity index (χ3v) is 6.03. The normalized spacial score (nSPS) is 16.6. The number of hydrogen-bond acceptors (Lipinski definition) is 5. The second kappa shape index (κ2) is 6.15. The van der Waals surface area contributed by atoms with Crippen LogP contribution in [0.1, 0.15) is 37.1 Å². The lowest BCUT2D eigenvalue weighted by atomic mass is 10.2. The molecule has 7 nitrogen and oxygen atoms in total. The van der Waals surface area contributed by atoms with Crippen molar-refractivity contribution in [3.8, 4) is 0 Å². The van der Waals surface area contributed by atoms with Crippen LogP contribution in [0, 0.1) is 13.8 Å². The zero-order valence-electron chi connectivity index (χ0n) is 12.5. The van der Waals surface area contributed by atoms with Gasteiger partial charge in [0.05, 0.1) is 18.5 Å². The second-order valence-electron chi connectivity index (χ2n) is 5.33. The van der Waals surface area contributed by atoms with Crippen molar-refractivity contribution < 1.29 is 17.9 Å². The van der Waals surface area contributed by atoms with Crippen LogP contribution in [0.4, 0.5) is 0 Å². The van der Waals surface area contributed by atoms with E-state index in [1.165, 1.54) is 11.4 Å². The Bertz CT molecular complexity index is 598. The fourth-order valence-electron chi connectivity index (χ4n) is 2.83. The van der Waals surface area contributed by atoms with Crippen LogP contribution in [0.5, 0.6) is 0 Å². The molecule has 0 atom stereocenters. The Balaban J connectivity index is 2.41. The molecule has 2 rings (SSSR count). The number of H-pyrrole nitrogens is 1. The van der Waals surface area contributed by atoms with Crippen molar-refractivity contribution in [2.45, 2.75) is 50.5 Å². The Morgan fingerprint density at radius 2 is 2.00 bits per heavy atom. The molecular weight excluding hydrogens is 294 g/mol. The zero-order valence-corrected chi connectivity index (χ0v) is 13.4. The predicted molar refractivity (Wildman–Crippen MR) is 76.2 cm³/mol. The van der Waals surface area contributed by atoms with Gasteiger partial charge < -0.3 is 4.74 Å². The van der Waals surface area contributed by atoms with Gasteiger partial charge in [0.2, 0.25) is 10.0 Å².